The quantitative estimate of drug-likeness (QED) is 0.816. The summed E-state index contributed by atoms with van der Waals surface area (Å²) in [6, 6.07) is 0. The number of hydrogen-bond donors (Lipinski definition) is 1. The molecule has 0 unspecified atom stereocenters. The van der Waals surface area contributed by atoms with Gasteiger partial charge in [-0.3, -0.25) is 0 Å². The number of rotatable bonds is 1. The molecule has 0 saturated carbocycles. The van der Waals surface area contributed by atoms with Crippen molar-refractivity contribution in [2.75, 3.05) is 31.1 Å². The SMILES string of the molecule is c1nc2c(c(N3CCCCCC3)n1)CCNCC2. The molecule has 3 rings (SSSR count). The summed E-state index contributed by atoms with van der Waals surface area (Å²) in [5.74, 6) is 1.21. The van der Waals surface area contributed by atoms with E-state index in [1.807, 2.05) is 0 Å². The van der Waals surface area contributed by atoms with E-state index in [4.69, 9.17) is 0 Å². The van der Waals surface area contributed by atoms with Crippen LogP contribution in [0.15, 0.2) is 6.33 Å². The van der Waals surface area contributed by atoms with E-state index in [-0.39, 0.29) is 0 Å². The number of nitrogens with zero attached hydrogens (tertiary/aromatic N) is 3. The molecule has 0 aliphatic carbocycles. The first-order valence-electron chi connectivity index (χ1n) is 7.23. The highest BCUT2D eigenvalue weighted by Crippen LogP contribution is 2.24. The lowest BCUT2D eigenvalue weighted by molar-refractivity contribution is 0.707. The first kappa shape index (κ1) is 11.9. The fourth-order valence-corrected chi connectivity index (χ4v) is 3.01. The Morgan fingerprint density at radius 2 is 1.72 bits per heavy atom. The Balaban J connectivity index is 1.90. The van der Waals surface area contributed by atoms with E-state index < -0.39 is 0 Å². The van der Waals surface area contributed by atoms with E-state index in [9.17, 15) is 0 Å². The Hall–Kier alpha value is -1.16. The minimum Gasteiger partial charge on any atom is -0.356 e. The van der Waals surface area contributed by atoms with Gasteiger partial charge in [-0.15, -0.1) is 0 Å². The summed E-state index contributed by atoms with van der Waals surface area (Å²) in [5, 5.41) is 3.45. The molecule has 1 aromatic heterocycles. The second-order valence-electron chi connectivity index (χ2n) is 5.27. The van der Waals surface area contributed by atoms with E-state index in [0.29, 0.717) is 0 Å². The third-order valence-electron chi connectivity index (χ3n) is 4.01. The summed E-state index contributed by atoms with van der Waals surface area (Å²) in [7, 11) is 0. The topological polar surface area (TPSA) is 41.1 Å². The molecule has 1 N–H and O–H groups in total. The maximum atomic E-state index is 4.59. The van der Waals surface area contributed by atoms with E-state index in [2.05, 4.69) is 20.2 Å². The Labute approximate surface area is 109 Å². The van der Waals surface area contributed by atoms with Crippen molar-refractivity contribution in [1.29, 1.82) is 0 Å². The lowest BCUT2D eigenvalue weighted by atomic mass is 10.1. The first-order valence-corrected chi connectivity index (χ1v) is 7.23. The van der Waals surface area contributed by atoms with E-state index in [0.717, 1.165) is 39.0 Å². The van der Waals surface area contributed by atoms with Gasteiger partial charge in [-0.05, 0) is 25.8 Å². The zero-order valence-corrected chi connectivity index (χ0v) is 11.0. The summed E-state index contributed by atoms with van der Waals surface area (Å²) in [5.41, 5.74) is 2.65. The molecule has 2 aliphatic rings. The van der Waals surface area contributed by atoms with Crippen LogP contribution in [0, 0.1) is 0 Å². The van der Waals surface area contributed by atoms with Crippen LogP contribution in [-0.2, 0) is 12.8 Å². The van der Waals surface area contributed by atoms with Crippen LogP contribution in [-0.4, -0.2) is 36.1 Å². The van der Waals surface area contributed by atoms with Gasteiger partial charge < -0.3 is 10.2 Å². The van der Waals surface area contributed by atoms with Gasteiger partial charge in [0.15, 0.2) is 0 Å². The minimum atomic E-state index is 1.04. The Morgan fingerprint density at radius 3 is 2.56 bits per heavy atom. The predicted molar refractivity (Wildman–Crippen MR) is 73.0 cm³/mol. The Kier molecular flexibility index (Phi) is 3.74. The van der Waals surface area contributed by atoms with Crippen LogP contribution in [0.3, 0.4) is 0 Å². The molecule has 0 atom stereocenters. The van der Waals surface area contributed by atoms with Crippen LogP contribution in [0.4, 0.5) is 5.82 Å². The maximum Gasteiger partial charge on any atom is 0.135 e. The normalized spacial score (nSPS) is 21.0. The van der Waals surface area contributed by atoms with Gasteiger partial charge in [0.2, 0.25) is 0 Å². The average molecular weight is 246 g/mol. The molecule has 2 aliphatic heterocycles. The van der Waals surface area contributed by atoms with E-state index in [1.165, 1.54) is 42.8 Å². The highest BCUT2D eigenvalue weighted by molar-refractivity contribution is 5.49. The summed E-state index contributed by atoms with van der Waals surface area (Å²) < 4.78 is 0. The average Bonchev–Trinajstić information content (AvgIpc) is 2.80. The summed E-state index contributed by atoms with van der Waals surface area (Å²) in [4.78, 5) is 11.6. The molecule has 1 fully saturated rings. The molecule has 18 heavy (non-hydrogen) atoms. The van der Waals surface area contributed by atoms with Crippen LogP contribution in [0.25, 0.3) is 0 Å². The summed E-state index contributed by atoms with van der Waals surface area (Å²) in [6.07, 6.45) is 9.20. The third kappa shape index (κ3) is 2.48. The standard InChI is InChI=1S/C14H22N4/c1-2-4-10-18(9-3-1)14-12-5-7-15-8-6-13(12)16-11-17-14/h11,15H,1-10H2. The molecule has 4 heteroatoms. The number of nitrogens with one attached hydrogen (secondary N) is 1. The minimum absolute atomic E-state index is 1.04. The second-order valence-corrected chi connectivity index (χ2v) is 5.27. The fraction of sp³-hybridized carbons (Fsp3) is 0.714. The van der Waals surface area contributed by atoms with Gasteiger partial charge in [-0.1, -0.05) is 12.8 Å². The van der Waals surface area contributed by atoms with Crippen molar-refractivity contribution < 1.29 is 0 Å². The molecule has 98 valence electrons. The first-order chi connectivity index (χ1) is 8.95. The van der Waals surface area contributed by atoms with Gasteiger partial charge in [-0.2, -0.15) is 0 Å². The molecule has 0 aromatic carbocycles. The van der Waals surface area contributed by atoms with E-state index in [1.54, 1.807) is 6.33 Å². The lowest BCUT2D eigenvalue weighted by Crippen LogP contribution is -2.27. The number of anilines is 1. The van der Waals surface area contributed by atoms with Crippen molar-refractivity contribution in [2.24, 2.45) is 0 Å². The number of aromatic nitrogens is 2. The Bertz CT molecular complexity index is 397. The highest BCUT2D eigenvalue weighted by Gasteiger charge is 2.19. The zero-order valence-electron chi connectivity index (χ0n) is 11.0. The van der Waals surface area contributed by atoms with Gasteiger partial charge in [-0.25, -0.2) is 9.97 Å². The molecule has 1 aromatic rings. The van der Waals surface area contributed by atoms with Gasteiger partial charge in [0.05, 0.1) is 5.69 Å². The van der Waals surface area contributed by atoms with Crippen molar-refractivity contribution in [3.05, 3.63) is 17.6 Å². The monoisotopic (exact) mass is 246 g/mol. The number of fused-ring (bicyclic) bond motifs is 1. The van der Waals surface area contributed by atoms with Crippen LogP contribution in [0.2, 0.25) is 0 Å². The van der Waals surface area contributed by atoms with Crippen molar-refractivity contribution in [1.82, 2.24) is 15.3 Å². The zero-order chi connectivity index (χ0) is 12.2. The summed E-state index contributed by atoms with van der Waals surface area (Å²) in [6.45, 7) is 4.43. The van der Waals surface area contributed by atoms with Crippen molar-refractivity contribution in [3.63, 3.8) is 0 Å². The highest BCUT2D eigenvalue weighted by atomic mass is 15.2. The summed E-state index contributed by atoms with van der Waals surface area (Å²) >= 11 is 0. The largest absolute Gasteiger partial charge is 0.356 e. The lowest BCUT2D eigenvalue weighted by Gasteiger charge is -2.24. The molecule has 0 radical (unpaired) electrons. The molecular weight excluding hydrogens is 224 g/mol. The van der Waals surface area contributed by atoms with Crippen LogP contribution >= 0.6 is 0 Å². The van der Waals surface area contributed by atoms with Crippen molar-refractivity contribution >= 4 is 5.82 Å². The Morgan fingerprint density at radius 1 is 0.944 bits per heavy atom. The fourth-order valence-electron chi connectivity index (χ4n) is 3.01. The smallest absolute Gasteiger partial charge is 0.135 e. The van der Waals surface area contributed by atoms with Crippen LogP contribution in [0.1, 0.15) is 36.9 Å². The molecule has 4 nitrogen and oxygen atoms in total. The second kappa shape index (κ2) is 5.65. The maximum absolute atomic E-state index is 4.59. The number of hydrogen-bond acceptors (Lipinski definition) is 4. The molecular formula is C14H22N4. The molecule has 0 bridgehead atoms. The van der Waals surface area contributed by atoms with Crippen LogP contribution in [0.5, 0.6) is 0 Å². The van der Waals surface area contributed by atoms with Gasteiger partial charge in [0, 0.05) is 31.6 Å². The predicted octanol–water partition coefficient (Wildman–Crippen LogP) is 1.55. The van der Waals surface area contributed by atoms with Crippen molar-refractivity contribution in [3.8, 4) is 0 Å². The molecule has 0 spiro atoms. The third-order valence-corrected chi connectivity index (χ3v) is 4.01. The molecule has 3 heterocycles. The van der Waals surface area contributed by atoms with Gasteiger partial charge >= 0.3 is 0 Å². The molecule has 0 amide bonds. The molecule has 1 saturated heterocycles. The van der Waals surface area contributed by atoms with Crippen molar-refractivity contribution in [2.45, 2.75) is 38.5 Å². The van der Waals surface area contributed by atoms with Crippen LogP contribution < -0.4 is 10.2 Å². The van der Waals surface area contributed by atoms with E-state index >= 15 is 0 Å². The van der Waals surface area contributed by atoms with Gasteiger partial charge in [0.25, 0.3) is 0 Å². The van der Waals surface area contributed by atoms with Gasteiger partial charge in [0.1, 0.15) is 12.1 Å².